The normalized spacial score (nSPS) is 15.7. The minimum atomic E-state index is -0.232. The first-order valence-corrected chi connectivity index (χ1v) is 9.14. The molecule has 0 saturated carbocycles. The predicted octanol–water partition coefficient (Wildman–Crippen LogP) is 1.48. The Labute approximate surface area is 154 Å². The summed E-state index contributed by atoms with van der Waals surface area (Å²) in [5, 5.41) is 0. The average Bonchev–Trinajstić information content (AvgIpc) is 2.87. The van der Waals surface area contributed by atoms with Crippen molar-refractivity contribution in [2.24, 2.45) is 7.05 Å². The van der Waals surface area contributed by atoms with E-state index in [0.29, 0.717) is 13.1 Å². The molecule has 0 radical (unpaired) electrons. The number of rotatable bonds is 4. The van der Waals surface area contributed by atoms with Crippen LogP contribution in [-0.4, -0.2) is 58.0 Å². The summed E-state index contributed by atoms with van der Waals surface area (Å²) in [5.74, 6) is -0.159. The number of aryl methyl sites for hydroxylation is 2. The van der Waals surface area contributed by atoms with Crippen LogP contribution in [0.3, 0.4) is 0 Å². The van der Waals surface area contributed by atoms with Crippen LogP contribution in [0.15, 0.2) is 41.3 Å². The van der Waals surface area contributed by atoms with Crippen LogP contribution in [0.1, 0.15) is 28.2 Å². The first kappa shape index (κ1) is 18.3. The molecule has 1 saturated heterocycles. The molecule has 1 amide bonds. The Morgan fingerprint density at radius 3 is 2.77 bits per heavy atom. The number of nitrogens with zero attached hydrogens (tertiary/aromatic N) is 4. The van der Waals surface area contributed by atoms with Gasteiger partial charge in [0.2, 0.25) is 0 Å². The van der Waals surface area contributed by atoms with Gasteiger partial charge in [-0.25, -0.2) is 0 Å². The number of hydrogen-bond donors (Lipinski definition) is 0. The van der Waals surface area contributed by atoms with Gasteiger partial charge in [0.15, 0.2) is 0 Å². The van der Waals surface area contributed by atoms with Crippen LogP contribution in [0.2, 0.25) is 0 Å². The Bertz CT molecular complexity index is 831. The van der Waals surface area contributed by atoms with Gasteiger partial charge in [-0.3, -0.25) is 14.6 Å². The summed E-state index contributed by atoms with van der Waals surface area (Å²) in [5.41, 5.74) is 2.17. The van der Waals surface area contributed by atoms with Gasteiger partial charge in [0, 0.05) is 57.2 Å². The third-order valence-electron chi connectivity index (χ3n) is 4.86. The number of pyridine rings is 2. The number of aromatic nitrogens is 2. The van der Waals surface area contributed by atoms with Crippen molar-refractivity contribution in [3.8, 4) is 0 Å². The Kier molecular flexibility index (Phi) is 5.83. The van der Waals surface area contributed by atoms with Crippen molar-refractivity contribution in [3.63, 3.8) is 0 Å². The quantitative estimate of drug-likeness (QED) is 0.835. The van der Waals surface area contributed by atoms with Gasteiger partial charge < -0.3 is 14.4 Å². The molecule has 0 bridgehead atoms. The molecule has 1 aliphatic heterocycles. The smallest absolute Gasteiger partial charge is 0.263 e. The number of hydrogen-bond acceptors (Lipinski definition) is 4. The zero-order chi connectivity index (χ0) is 18.5. The van der Waals surface area contributed by atoms with Gasteiger partial charge in [-0.2, -0.15) is 0 Å². The van der Waals surface area contributed by atoms with E-state index in [0.717, 1.165) is 43.9 Å². The first-order valence-electron chi connectivity index (χ1n) is 9.14. The second-order valence-corrected chi connectivity index (χ2v) is 6.85. The summed E-state index contributed by atoms with van der Waals surface area (Å²) in [4.78, 5) is 33.7. The molecule has 1 aliphatic rings. The van der Waals surface area contributed by atoms with Gasteiger partial charge in [0.25, 0.3) is 11.5 Å². The zero-order valence-electron chi connectivity index (χ0n) is 15.5. The summed E-state index contributed by atoms with van der Waals surface area (Å²) in [6.07, 6.45) is 3.50. The molecule has 1 fully saturated rings. The van der Waals surface area contributed by atoms with Gasteiger partial charge in [-0.1, -0.05) is 6.07 Å². The van der Waals surface area contributed by atoms with E-state index in [1.807, 2.05) is 24.0 Å². The van der Waals surface area contributed by atoms with Crippen LogP contribution < -0.4 is 5.56 Å². The van der Waals surface area contributed by atoms with E-state index in [4.69, 9.17) is 0 Å². The van der Waals surface area contributed by atoms with Crippen molar-refractivity contribution in [2.45, 2.75) is 19.8 Å². The molecule has 3 rings (SSSR count). The summed E-state index contributed by atoms with van der Waals surface area (Å²) in [6, 6.07) is 9.48. The second kappa shape index (κ2) is 8.27. The molecule has 3 heterocycles. The van der Waals surface area contributed by atoms with Crippen LogP contribution in [-0.2, 0) is 13.5 Å². The summed E-state index contributed by atoms with van der Waals surface area (Å²) in [6.45, 7) is 6.07. The van der Waals surface area contributed by atoms with Crippen LogP contribution in [0.4, 0.5) is 0 Å². The highest BCUT2D eigenvalue weighted by atomic mass is 16.2. The van der Waals surface area contributed by atoms with Gasteiger partial charge in [-0.05, 0) is 44.2 Å². The average molecular weight is 354 g/mol. The van der Waals surface area contributed by atoms with Crippen LogP contribution in [0.25, 0.3) is 0 Å². The van der Waals surface area contributed by atoms with Gasteiger partial charge in [0.1, 0.15) is 5.56 Å². The van der Waals surface area contributed by atoms with Gasteiger partial charge >= 0.3 is 0 Å². The molecular weight excluding hydrogens is 328 g/mol. The fourth-order valence-corrected chi connectivity index (χ4v) is 3.34. The van der Waals surface area contributed by atoms with E-state index in [9.17, 15) is 9.59 Å². The van der Waals surface area contributed by atoms with E-state index in [1.54, 1.807) is 25.4 Å². The van der Waals surface area contributed by atoms with Crippen LogP contribution in [0, 0.1) is 6.92 Å². The standard InChI is InChI=1S/C20H26N4O2/c1-16-6-3-7-17(21-16)9-13-23-11-5-12-24(15-14-23)20(26)18-8-4-10-22(2)19(18)25/h3-4,6-8,10H,5,9,11-15H2,1-2H3. The van der Waals surface area contributed by atoms with E-state index in [2.05, 4.69) is 16.0 Å². The van der Waals surface area contributed by atoms with Crippen molar-refractivity contribution in [1.29, 1.82) is 0 Å². The van der Waals surface area contributed by atoms with E-state index >= 15 is 0 Å². The molecule has 0 aromatic carbocycles. The molecule has 26 heavy (non-hydrogen) atoms. The van der Waals surface area contributed by atoms with Crippen LogP contribution >= 0.6 is 0 Å². The van der Waals surface area contributed by atoms with Crippen molar-refractivity contribution in [2.75, 3.05) is 32.7 Å². The molecular formula is C20H26N4O2. The molecule has 0 N–H and O–H groups in total. The van der Waals surface area contributed by atoms with Crippen molar-refractivity contribution < 1.29 is 4.79 Å². The number of carbonyl (C=O) groups is 1. The fraction of sp³-hybridized carbons (Fsp3) is 0.450. The van der Waals surface area contributed by atoms with Crippen molar-refractivity contribution in [3.05, 3.63) is 63.8 Å². The Morgan fingerprint density at radius 1 is 1.12 bits per heavy atom. The zero-order valence-corrected chi connectivity index (χ0v) is 15.5. The largest absolute Gasteiger partial charge is 0.337 e. The number of amides is 1. The monoisotopic (exact) mass is 354 g/mol. The molecule has 0 atom stereocenters. The van der Waals surface area contributed by atoms with Gasteiger partial charge in [0.05, 0.1) is 0 Å². The Morgan fingerprint density at radius 2 is 1.96 bits per heavy atom. The maximum absolute atomic E-state index is 12.7. The molecule has 2 aromatic rings. The Balaban J connectivity index is 1.58. The highest BCUT2D eigenvalue weighted by Gasteiger charge is 2.22. The molecule has 6 heteroatoms. The second-order valence-electron chi connectivity index (χ2n) is 6.85. The Hall–Kier alpha value is -2.47. The lowest BCUT2D eigenvalue weighted by atomic mass is 10.2. The third-order valence-corrected chi connectivity index (χ3v) is 4.86. The summed E-state index contributed by atoms with van der Waals surface area (Å²) < 4.78 is 1.45. The molecule has 0 unspecified atom stereocenters. The minimum Gasteiger partial charge on any atom is -0.337 e. The maximum atomic E-state index is 12.7. The van der Waals surface area contributed by atoms with E-state index in [1.165, 1.54) is 4.57 Å². The van der Waals surface area contributed by atoms with Crippen LogP contribution in [0.5, 0.6) is 0 Å². The van der Waals surface area contributed by atoms with Crippen molar-refractivity contribution >= 4 is 5.91 Å². The minimum absolute atomic E-state index is 0.159. The van der Waals surface area contributed by atoms with E-state index < -0.39 is 0 Å². The summed E-state index contributed by atoms with van der Waals surface area (Å²) >= 11 is 0. The predicted molar refractivity (Wildman–Crippen MR) is 101 cm³/mol. The molecule has 0 spiro atoms. The summed E-state index contributed by atoms with van der Waals surface area (Å²) in [7, 11) is 1.67. The SMILES string of the molecule is Cc1cccc(CCN2CCCN(C(=O)c3cccn(C)c3=O)CC2)n1. The first-order chi connectivity index (χ1) is 12.5. The van der Waals surface area contributed by atoms with E-state index in [-0.39, 0.29) is 17.0 Å². The maximum Gasteiger partial charge on any atom is 0.263 e. The van der Waals surface area contributed by atoms with Crippen molar-refractivity contribution in [1.82, 2.24) is 19.4 Å². The molecule has 138 valence electrons. The highest BCUT2D eigenvalue weighted by molar-refractivity contribution is 5.93. The number of carbonyl (C=O) groups excluding carboxylic acids is 1. The third kappa shape index (κ3) is 4.38. The van der Waals surface area contributed by atoms with Gasteiger partial charge in [-0.15, -0.1) is 0 Å². The lowest BCUT2D eigenvalue weighted by molar-refractivity contribution is 0.0759. The molecule has 2 aromatic heterocycles. The lowest BCUT2D eigenvalue weighted by Gasteiger charge is -2.22. The molecule has 6 nitrogen and oxygen atoms in total. The highest BCUT2D eigenvalue weighted by Crippen LogP contribution is 2.08. The fourth-order valence-electron chi connectivity index (χ4n) is 3.34. The topological polar surface area (TPSA) is 58.4 Å². The lowest BCUT2D eigenvalue weighted by Crippen LogP contribution is -2.38. The molecule has 0 aliphatic carbocycles.